The highest BCUT2D eigenvalue weighted by Gasteiger charge is 2.39. The Bertz CT molecular complexity index is 2790. The maximum atomic E-state index is 14.7. The molecule has 0 aliphatic heterocycles. The fraction of sp³-hybridized carbons (Fsp3) is 0.406. The molecule has 18 nitrogen and oxygen atoms in total. The molecule has 4 atom stereocenters. The van der Waals surface area contributed by atoms with Crippen molar-refractivity contribution in [2.24, 2.45) is 0 Å². The minimum atomic E-state index is -1.52. The number of hydrogen-bond donors (Lipinski definition) is 8. The van der Waals surface area contributed by atoms with Crippen LogP contribution in [-0.4, -0.2) is 101 Å². The Morgan fingerprint density at radius 1 is 0.500 bits per heavy atom. The number of carbonyl (C=O) groups excluding carboxylic acids is 7. The zero-order valence-electron chi connectivity index (χ0n) is 48.4. The van der Waals surface area contributed by atoms with Gasteiger partial charge in [-0.25, -0.2) is 14.4 Å². The molecule has 438 valence electrons. The Balaban J connectivity index is 1.40. The van der Waals surface area contributed by atoms with Gasteiger partial charge in [-0.1, -0.05) is 141 Å². The van der Waals surface area contributed by atoms with E-state index in [1.165, 1.54) is 12.5 Å². The van der Waals surface area contributed by atoms with Gasteiger partial charge in [-0.05, 0) is 139 Å². The summed E-state index contributed by atoms with van der Waals surface area (Å²) in [6, 6.07) is 37.6. The summed E-state index contributed by atoms with van der Waals surface area (Å²) in [7, 11) is 0. The van der Waals surface area contributed by atoms with E-state index >= 15 is 0 Å². The smallest absolute Gasteiger partial charge is 0.407 e. The van der Waals surface area contributed by atoms with Gasteiger partial charge in [0.15, 0.2) is 0 Å². The van der Waals surface area contributed by atoms with Crippen LogP contribution in [-0.2, 0) is 45.4 Å². The normalized spacial score (nSPS) is 12.9. The van der Waals surface area contributed by atoms with Crippen molar-refractivity contribution >= 4 is 47.7 Å². The number of benzene rings is 5. The molecular formula is C64H81N7O11. The number of carboxylic acid groups (broad SMARTS) is 1. The van der Waals surface area contributed by atoms with Gasteiger partial charge in [-0.15, -0.1) is 0 Å². The highest BCUT2D eigenvalue weighted by Crippen LogP contribution is 2.37. The van der Waals surface area contributed by atoms with Gasteiger partial charge in [0, 0.05) is 25.1 Å². The zero-order chi connectivity index (χ0) is 59.9. The molecule has 5 aromatic rings. The molecule has 0 saturated heterocycles. The number of aryl methyl sites for hydroxylation is 1. The van der Waals surface area contributed by atoms with E-state index in [0.29, 0.717) is 12.8 Å². The number of carbonyl (C=O) groups is 8. The molecule has 0 aliphatic rings. The number of aliphatic carboxylic acids is 1. The van der Waals surface area contributed by atoms with E-state index in [4.69, 9.17) is 9.47 Å². The lowest BCUT2D eigenvalue weighted by atomic mass is 9.77. The number of nitrogens with one attached hydrogen (secondary N) is 7. The lowest BCUT2D eigenvalue weighted by Crippen LogP contribution is -2.57. The molecule has 0 fully saturated rings. The Morgan fingerprint density at radius 3 is 1.45 bits per heavy atom. The fourth-order valence-electron chi connectivity index (χ4n) is 8.98. The van der Waals surface area contributed by atoms with E-state index in [1.54, 1.807) is 65.8 Å². The minimum Gasteiger partial charge on any atom is -0.480 e. The standard InChI is InChI=1S/C64H81N7O11/c1-9-10-22-44-30-32-45(33-31-44)46-34-36-47(37-35-46)56(74)68-52(40-42-66-61(80)82-63(6,7)8)58(76)69-51(57(75)67-43(2)55(73)70-53(59(77)78)29-20-21-41-65-60(79)81-62(3,4)5)38-39-54(72)71-64(48-23-14-11-15-24-48,49-25-16-12-17-26-49)50-27-18-13-19-28-50/h11-19,23-28,30-37,43,51-53H,9-10,20-22,29,38-42H2,1-8H3,(H,65,79)(H,66,80)(H,67,75)(H,68,74)(H,69,76)(H,70,73)(H,71,72)(H,77,78)/t43-,51-,52-,53-/m0/s1. The summed E-state index contributed by atoms with van der Waals surface area (Å²) in [5, 5.41) is 29.1. The summed E-state index contributed by atoms with van der Waals surface area (Å²) < 4.78 is 10.6. The number of hydrogen-bond acceptors (Lipinski definition) is 10. The SMILES string of the molecule is CCCCc1ccc(-c2ccc(C(=O)N[C@@H](CCNC(=O)OC(C)(C)C)C(=O)N[C@@H](CCC(=O)NC(c3ccccc3)(c3ccccc3)c3ccccc3)C(=O)N[C@@H](C)C(=O)N[C@@H](CCCCNC(=O)OC(C)(C)C)C(=O)O)cc2)cc1. The monoisotopic (exact) mass is 1120 g/mol. The van der Waals surface area contributed by atoms with Gasteiger partial charge < -0.3 is 51.8 Å². The first-order valence-electron chi connectivity index (χ1n) is 28.0. The quantitative estimate of drug-likeness (QED) is 0.0173. The Morgan fingerprint density at radius 2 is 0.963 bits per heavy atom. The van der Waals surface area contributed by atoms with Crippen LogP contribution >= 0.6 is 0 Å². The van der Waals surface area contributed by atoms with Crippen molar-refractivity contribution in [1.82, 2.24) is 37.2 Å². The highest BCUT2D eigenvalue weighted by molar-refractivity contribution is 5.99. The maximum Gasteiger partial charge on any atom is 0.407 e. The van der Waals surface area contributed by atoms with Crippen LogP contribution in [0.3, 0.4) is 0 Å². The molecule has 0 unspecified atom stereocenters. The van der Waals surface area contributed by atoms with Gasteiger partial charge >= 0.3 is 18.2 Å². The van der Waals surface area contributed by atoms with Gasteiger partial charge in [0.25, 0.3) is 5.91 Å². The van der Waals surface area contributed by atoms with Gasteiger partial charge in [-0.3, -0.25) is 24.0 Å². The van der Waals surface area contributed by atoms with Crippen LogP contribution in [0.15, 0.2) is 140 Å². The predicted octanol–water partition coefficient (Wildman–Crippen LogP) is 8.85. The van der Waals surface area contributed by atoms with Crippen LogP contribution in [0.2, 0.25) is 0 Å². The molecule has 82 heavy (non-hydrogen) atoms. The van der Waals surface area contributed by atoms with E-state index in [-0.39, 0.29) is 44.3 Å². The number of unbranched alkanes of at least 4 members (excludes halogenated alkanes) is 2. The summed E-state index contributed by atoms with van der Waals surface area (Å²) >= 11 is 0. The molecule has 0 bridgehead atoms. The number of alkyl carbamates (subject to hydrolysis) is 2. The first-order chi connectivity index (χ1) is 39.0. The molecule has 0 heterocycles. The lowest BCUT2D eigenvalue weighted by Gasteiger charge is -2.37. The van der Waals surface area contributed by atoms with Crippen LogP contribution in [0.1, 0.15) is 139 Å². The summed E-state index contributed by atoms with van der Waals surface area (Å²) in [6.07, 6.45) is 1.60. The molecule has 5 rings (SSSR count). The number of rotatable bonds is 28. The largest absolute Gasteiger partial charge is 0.480 e. The van der Waals surface area contributed by atoms with Crippen molar-refractivity contribution in [2.75, 3.05) is 13.1 Å². The van der Waals surface area contributed by atoms with Crippen molar-refractivity contribution in [3.63, 3.8) is 0 Å². The van der Waals surface area contributed by atoms with Crippen LogP contribution in [0, 0.1) is 0 Å². The van der Waals surface area contributed by atoms with Crippen molar-refractivity contribution in [3.8, 4) is 11.1 Å². The third-order valence-electron chi connectivity index (χ3n) is 13.2. The van der Waals surface area contributed by atoms with Crippen molar-refractivity contribution in [1.29, 1.82) is 0 Å². The summed E-state index contributed by atoms with van der Waals surface area (Å²) in [5.41, 5.74) is 2.74. The topological polar surface area (TPSA) is 259 Å². The first kappa shape index (κ1) is 64.3. The van der Waals surface area contributed by atoms with Crippen LogP contribution in [0.4, 0.5) is 9.59 Å². The maximum absolute atomic E-state index is 14.7. The highest BCUT2D eigenvalue weighted by atomic mass is 16.6. The van der Waals surface area contributed by atoms with Crippen LogP contribution in [0.25, 0.3) is 11.1 Å². The van der Waals surface area contributed by atoms with E-state index in [9.17, 15) is 43.5 Å². The second-order valence-corrected chi connectivity index (χ2v) is 22.2. The van der Waals surface area contributed by atoms with Crippen molar-refractivity contribution < 1.29 is 52.9 Å². The Kier molecular flexibility index (Phi) is 24.2. The average molecular weight is 1120 g/mol. The third-order valence-corrected chi connectivity index (χ3v) is 13.2. The first-order valence-corrected chi connectivity index (χ1v) is 28.0. The Hall–Kier alpha value is -8.54. The molecule has 5 aromatic carbocycles. The Labute approximate surface area is 481 Å². The fourth-order valence-corrected chi connectivity index (χ4v) is 8.98. The van der Waals surface area contributed by atoms with Crippen molar-refractivity contribution in [2.45, 2.75) is 154 Å². The molecule has 0 spiro atoms. The zero-order valence-corrected chi connectivity index (χ0v) is 48.4. The predicted molar refractivity (Wildman–Crippen MR) is 314 cm³/mol. The van der Waals surface area contributed by atoms with E-state index in [2.05, 4.69) is 56.3 Å². The van der Waals surface area contributed by atoms with Gasteiger partial charge in [0.2, 0.25) is 23.6 Å². The molecule has 0 aliphatic carbocycles. The number of amides is 7. The minimum absolute atomic E-state index is 0.00497. The molecule has 0 radical (unpaired) electrons. The molecule has 8 N–H and O–H groups in total. The lowest BCUT2D eigenvalue weighted by molar-refractivity contribution is -0.142. The van der Waals surface area contributed by atoms with E-state index < -0.39 is 88.6 Å². The summed E-state index contributed by atoms with van der Waals surface area (Å²) in [4.78, 5) is 109. The molecule has 7 amide bonds. The molecular weight excluding hydrogens is 1040 g/mol. The number of ether oxygens (including phenoxy) is 2. The van der Waals surface area contributed by atoms with Crippen LogP contribution < -0.4 is 37.2 Å². The summed E-state index contributed by atoms with van der Waals surface area (Å²) in [6.45, 7) is 13.8. The van der Waals surface area contributed by atoms with E-state index in [0.717, 1.165) is 47.1 Å². The summed E-state index contributed by atoms with van der Waals surface area (Å²) in [5.74, 6) is -5.05. The number of carboxylic acids is 1. The van der Waals surface area contributed by atoms with Gasteiger partial charge in [0.05, 0.1) is 0 Å². The second kappa shape index (κ2) is 30.9. The average Bonchev–Trinajstić information content (AvgIpc) is 3.61. The van der Waals surface area contributed by atoms with E-state index in [1.807, 2.05) is 103 Å². The third kappa shape index (κ3) is 20.5. The second-order valence-electron chi connectivity index (χ2n) is 22.2. The van der Waals surface area contributed by atoms with Crippen molar-refractivity contribution in [3.05, 3.63) is 167 Å². The molecule has 0 saturated carbocycles. The van der Waals surface area contributed by atoms with Gasteiger partial charge in [0.1, 0.15) is 40.9 Å². The van der Waals surface area contributed by atoms with Gasteiger partial charge in [-0.2, -0.15) is 0 Å². The molecule has 18 heteroatoms. The molecule has 0 aromatic heterocycles. The van der Waals surface area contributed by atoms with Crippen LogP contribution in [0.5, 0.6) is 0 Å².